The van der Waals surface area contributed by atoms with Crippen LogP contribution in [0.1, 0.15) is 39.5 Å². The molecule has 1 atom stereocenters. The summed E-state index contributed by atoms with van der Waals surface area (Å²) < 4.78 is 0. The van der Waals surface area contributed by atoms with Crippen LogP contribution in [0.2, 0.25) is 0 Å². The van der Waals surface area contributed by atoms with E-state index in [0.29, 0.717) is 6.04 Å². The van der Waals surface area contributed by atoms with E-state index in [2.05, 4.69) is 12.2 Å². The first kappa shape index (κ1) is 10.3. The Hall–Kier alpha value is -0.790. The molecule has 1 fully saturated rings. The Bertz CT molecular complexity index is 198. The first-order valence-electron chi connectivity index (χ1n) is 5.14. The minimum atomic E-state index is 0.231. The molecule has 1 saturated heterocycles. The van der Waals surface area contributed by atoms with Gasteiger partial charge in [0.25, 0.3) is 0 Å². The summed E-state index contributed by atoms with van der Waals surface area (Å²) in [6, 6.07) is 0.461. The van der Waals surface area contributed by atoms with Crippen molar-refractivity contribution >= 4 is 5.91 Å². The molecule has 1 unspecified atom stereocenters. The summed E-state index contributed by atoms with van der Waals surface area (Å²) in [5.41, 5.74) is 0. The molecule has 0 aromatic rings. The molecule has 13 heavy (non-hydrogen) atoms. The molecule has 2 nitrogen and oxygen atoms in total. The lowest BCUT2D eigenvalue weighted by Gasteiger charge is -2.34. The van der Waals surface area contributed by atoms with Gasteiger partial charge in [0.15, 0.2) is 0 Å². The molecular weight excluding hydrogens is 162 g/mol. The minimum Gasteiger partial charge on any atom is -0.340 e. The average molecular weight is 181 g/mol. The lowest BCUT2D eigenvalue weighted by atomic mass is 9.99. The molecule has 1 rings (SSSR count). The average Bonchev–Trinajstić information content (AvgIpc) is 2.15. The van der Waals surface area contributed by atoms with Crippen molar-refractivity contribution in [2.24, 2.45) is 0 Å². The van der Waals surface area contributed by atoms with E-state index in [9.17, 15) is 4.79 Å². The van der Waals surface area contributed by atoms with E-state index in [1.807, 2.05) is 11.8 Å². The van der Waals surface area contributed by atoms with Gasteiger partial charge in [-0.2, -0.15) is 0 Å². The van der Waals surface area contributed by atoms with Crippen LogP contribution in [0.25, 0.3) is 0 Å². The van der Waals surface area contributed by atoms with Gasteiger partial charge in [-0.1, -0.05) is 12.2 Å². The standard InChI is InChI=1S/C11H19NO/c1-3-4-7-11-8-5-6-9-12(11)10(2)13/h3-4,11H,5-9H2,1-2H3/b4-3+. The number of amides is 1. The molecule has 0 aromatic heterocycles. The molecule has 1 amide bonds. The third-order valence-electron chi connectivity index (χ3n) is 2.68. The molecule has 0 N–H and O–H groups in total. The monoisotopic (exact) mass is 181 g/mol. The van der Waals surface area contributed by atoms with Crippen molar-refractivity contribution in [3.05, 3.63) is 12.2 Å². The van der Waals surface area contributed by atoms with Crippen molar-refractivity contribution < 1.29 is 4.79 Å². The molecular formula is C11H19NO. The Labute approximate surface area is 80.6 Å². The molecule has 0 aromatic carbocycles. The fourth-order valence-corrected chi connectivity index (χ4v) is 1.95. The van der Waals surface area contributed by atoms with Crippen molar-refractivity contribution in [3.8, 4) is 0 Å². The Kier molecular flexibility index (Phi) is 4.00. The zero-order chi connectivity index (χ0) is 9.68. The quantitative estimate of drug-likeness (QED) is 0.599. The lowest BCUT2D eigenvalue weighted by Crippen LogP contribution is -2.42. The highest BCUT2D eigenvalue weighted by molar-refractivity contribution is 5.73. The molecule has 0 aliphatic carbocycles. The Morgan fingerprint density at radius 2 is 2.31 bits per heavy atom. The summed E-state index contributed by atoms with van der Waals surface area (Å²) in [5.74, 6) is 0.231. The van der Waals surface area contributed by atoms with Crippen molar-refractivity contribution in [3.63, 3.8) is 0 Å². The van der Waals surface area contributed by atoms with Crippen LogP contribution in [-0.4, -0.2) is 23.4 Å². The number of hydrogen-bond donors (Lipinski definition) is 0. The van der Waals surface area contributed by atoms with Gasteiger partial charge in [0.2, 0.25) is 5.91 Å². The van der Waals surface area contributed by atoms with Gasteiger partial charge < -0.3 is 4.90 Å². The highest BCUT2D eigenvalue weighted by Crippen LogP contribution is 2.19. The van der Waals surface area contributed by atoms with E-state index in [1.54, 1.807) is 6.92 Å². The fraction of sp³-hybridized carbons (Fsp3) is 0.727. The topological polar surface area (TPSA) is 20.3 Å². The smallest absolute Gasteiger partial charge is 0.219 e. The summed E-state index contributed by atoms with van der Waals surface area (Å²) >= 11 is 0. The molecule has 74 valence electrons. The van der Waals surface area contributed by atoms with Crippen LogP contribution < -0.4 is 0 Å². The van der Waals surface area contributed by atoms with Gasteiger partial charge in [-0.3, -0.25) is 4.79 Å². The molecule has 1 aliphatic heterocycles. The van der Waals surface area contributed by atoms with Gasteiger partial charge in [0.05, 0.1) is 0 Å². The summed E-state index contributed by atoms with van der Waals surface area (Å²) in [4.78, 5) is 13.3. The van der Waals surface area contributed by atoms with Crippen molar-refractivity contribution in [2.45, 2.75) is 45.6 Å². The molecule has 0 bridgehead atoms. The number of likely N-dealkylation sites (tertiary alicyclic amines) is 1. The highest BCUT2D eigenvalue weighted by Gasteiger charge is 2.22. The Morgan fingerprint density at radius 1 is 1.54 bits per heavy atom. The van der Waals surface area contributed by atoms with Crippen molar-refractivity contribution in [2.75, 3.05) is 6.54 Å². The summed E-state index contributed by atoms with van der Waals surface area (Å²) in [6.07, 6.45) is 8.86. The van der Waals surface area contributed by atoms with E-state index >= 15 is 0 Å². The molecule has 0 radical (unpaired) electrons. The summed E-state index contributed by atoms with van der Waals surface area (Å²) in [7, 11) is 0. The second-order valence-corrected chi connectivity index (χ2v) is 3.67. The van der Waals surface area contributed by atoms with Crippen LogP contribution in [0.5, 0.6) is 0 Å². The zero-order valence-electron chi connectivity index (χ0n) is 8.62. The minimum absolute atomic E-state index is 0.231. The maximum atomic E-state index is 11.3. The van der Waals surface area contributed by atoms with Crippen LogP contribution in [0, 0.1) is 0 Å². The maximum Gasteiger partial charge on any atom is 0.219 e. The number of hydrogen-bond acceptors (Lipinski definition) is 1. The van der Waals surface area contributed by atoms with Gasteiger partial charge in [-0.15, -0.1) is 0 Å². The third kappa shape index (κ3) is 2.87. The number of carbonyl (C=O) groups excluding carboxylic acids is 1. The van der Waals surface area contributed by atoms with Gasteiger partial charge in [0.1, 0.15) is 0 Å². The SMILES string of the molecule is C/C=C/CC1CCCCN1C(C)=O. The van der Waals surface area contributed by atoms with Crippen molar-refractivity contribution in [1.82, 2.24) is 4.90 Å². The maximum absolute atomic E-state index is 11.3. The number of nitrogens with zero attached hydrogens (tertiary/aromatic N) is 1. The van der Waals surface area contributed by atoms with E-state index in [4.69, 9.17) is 0 Å². The van der Waals surface area contributed by atoms with E-state index in [0.717, 1.165) is 13.0 Å². The van der Waals surface area contributed by atoms with Crippen LogP contribution in [0.4, 0.5) is 0 Å². The number of carbonyl (C=O) groups is 1. The van der Waals surface area contributed by atoms with Gasteiger partial charge in [0, 0.05) is 19.5 Å². The zero-order valence-corrected chi connectivity index (χ0v) is 8.62. The lowest BCUT2D eigenvalue weighted by molar-refractivity contribution is -0.132. The van der Waals surface area contributed by atoms with Gasteiger partial charge >= 0.3 is 0 Å². The van der Waals surface area contributed by atoms with E-state index in [1.165, 1.54) is 19.3 Å². The molecule has 2 heteroatoms. The van der Waals surface area contributed by atoms with E-state index in [-0.39, 0.29) is 5.91 Å². The predicted octanol–water partition coefficient (Wildman–Crippen LogP) is 2.35. The van der Waals surface area contributed by atoms with Crippen molar-refractivity contribution in [1.29, 1.82) is 0 Å². The molecule has 1 heterocycles. The third-order valence-corrected chi connectivity index (χ3v) is 2.68. The Balaban J connectivity index is 2.51. The second kappa shape index (κ2) is 5.05. The summed E-state index contributed by atoms with van der Waals surface area (Å²) in [5, 5.41) is 0. The van der Waals surface area contributed by atoms with Gasteiger partial charge in [-0.25, -0.2) is 0 Å². The molecule has 0 saturated carbocycles. The first-order chi connectivity index (χ1) is 6.25. The largest absolute Gasteiger partial charge is 0.340 e. The van der Waals surface area contributed by atoms with Gasteiger partial charge in [-0.05, 0) is 32.6 Å². The highest BCUT2D eigenvalue weighted by atomic mass is 16.2. The number of allylic oxidation sites excluding steroid dienone is 1. The van der Waals surface area contributed by atoms with Crippen LogP contribution in [-0.2, 0) is 4.79 Å². The normalized spacial score (nSPS) is 23.8. The second-order valence-electron chi connectivity index (χ2n) is 3.67. The number of rotatable bonds is 2. The van der Waals surface area contributed by atoms with E-state index < -0.39 is 0 Å². The molecule has 1 aliphatic rings. The fourth-order valence-electron chi connectivity index (χ4n) is 1.95. The number of piperidine rings is 1. The Morgan fingerprint density at radius 3 is 2.92 bits per heavy atom. The molecule has 0 spiro atoms. The van der Waals surface area contributed by atoms with Crippen LogP contribution >= 0.6 is 0 Å². The first-order valence-corrected chi connectivity index (χ1v) is 5.14. The summed E-state index contributed by atoms with van der Waals surface area (Å²) in [6.45, 7) is 4.66. The predicted molar refractivity (Wildman–Crippen MR) is 54.5 cm³/mol. The van der Waals surface area contributed by atoms with Crippen LogP contribution in [0.3, 0.4) is 0 Å². The van der Waals surface area contributed by atoms with Crippen LogP contribution in [0.15, 0.2) is 12.2 Å².